The minimum absolute atomic E-state index is 0.115. The largest absolute Gasteiger partial charge is 0.507 e. The SMILES string of the molecule is C/C(=C\c1ccc2ccccc2c1O)C(=O)O. The first-order valence-electron chi connectivity index (χ1n) is 5.22. The molecule has 0 aliphatic carbocycles. The molecule has 0 aromatic heterocycles. The zero-order valence-corrected chi connectivity index (χ0v) is 9.34. The highest BCUT2D eigenvalue weighted by molar-refractivity contribution is 5.96. The summed E-state index contributed by atoms with van der Waals surface area (Å²) in [5.74, 6) is -0.874. The number of hydrogen-bond acceptors (Lipinski definition) is 2. The van der Waals surface area contributed by atoms with E-state index in [0.717, 1.165) is 10.8 Å². The van der Waals surface area contributed by atoms with Crippen molar-refractivity contribution in [2.24, 2.45) is 0 Å². The van der Waals surface area contributed by atoms with E-state index in [2.05, 4.69) is 0 Å². The molecule has 0 saturated heterocycles. The van der Waals surface area contributed by atoms with Gasteiger partial charge in [0.15, 0.2) is 0 Å². The van der Waals surface area contributed by atoms with E-state index in [-0.39, 0.29) is 11.3 Å². The van der Waals surface area contributed by atoms with Crippen LogP contribution in [0, 0.1) is 0 Å². The van der Waals surface area contributed by atoms with Gasteiger partial charge in [0, 0.05) is 16.5 Å². The molecular weight excluding hydrogens is 216 g/mol. The Morgan fingerprint density at radius 3 is 2.59 bits per heavy atom. The molecule has 0 saturated carbocycles. The highest BCUT2D eigenvalue weighted by Crippen LogP contribution is 2.29. The summed E-state index contributed by atoms with van der Waals surface area (Å²) < 4.78 is 0. The van der Waals surface area contributed by atoms with Crippen molar-refractivity contribution in [2.45, 2.75) is 6.92 Å². The second-order valence-electron chi connectivity index (χ2n) is 3.86. The molecular formula is C14H12O3. The zero-order valence-electron chi connectivity index (χ0n) is 9.34. The molecule has 2 N–H and O–H groups in total. The molecule has 17 heavy (non-hydrogen) atoms. The molecule has 2 rings (SSSR count). The average molecular weight is 228 g/mol. The first-order chi connectivity index (χ1) is 8.09. The van der Waals surface area contributed by atoms with E-state index >= 15 is 0 Å². The van der Waals surface area contributed by atoms with Gasteiger partial charge in [0.25, 0.3) is 0 Å². The molecule has 0 fully saturated rings. The molecule has 0 bridgehead atoms. The van der Waals surface area contributed by atoms with E-state index in [4.69, 9.17) is 5.11 Å². The van der Waals surface area contributed by atoms with E-state index < -0.39 is 5.97 Å². The van der Waals surface area contributed by atoms with Gasteiger partial charge in [0.1, 0.15) is 5.75 Å². The van der Waals surface area contributed by atoms with Gasteiger partial charge < -0.3 is 10.2 Å². The van der Waals surface area contributed by atoms with Crippen LogP contribution in [0.5, 0.6) is 5.75 Å². The Kier molecular flexibility index (Phi) is 2.83. The third kappa shape index (κ3) is 2.13. The third-order valence-electron chi connectivity index (χ3n) is 2.64. The number of aromatic hydroxyl groups is 1. The normalized spacial score (nSPS) is 11.7. The Morgan fingerprint density at radius 1 is 1.18 bits per heavy atom. The molecule has 3 nitrogen and oxygen atoms in total. The predicted octanol–water partition coefficient (Wildman–Crippen LogP) is 3.03. The van der Waals surface area contributed by atoms with E-state index in [1.165, 1.54) is 13.0 Å². The van der Waals surface area contributed by atoms with Gasteiger partial charge in [-0.05, 0) is 18.4 Å². The maximum Gasteiger partial charge on any atom is 0.331 e. The molecule has 3 heteroatoms. The van der Waals surface area contributed by atoms with E-state index in [0.29, 0.717) is 5.56 Å². The van der Waals surface area contributed by atoms with Crippen LogP contribution in [0.15, 0.2) is 42.0 Å². The van der Waals surface area contributed by atoms with Crippen molar-refractivity contribution in [1.82, 2.24) is 0 Å². The van der Waals surface area contributed by atoms with Crippen LogP contribution < -0.4 is 0 Å². The van der Waals surface area contributed by atoms with Crippen molar-refractivity contribution in [3.63, 3.8) is 0 Å². The Bertz CT molecular complexity index is 612. The summed E-state index contributed by atoms with van der Waals surface area (Å²) in [6, 6.07) is 11.0. The minimum Gasteiger partial charge on any atom is -0.507 e. The van der Waals surface area contributed by atoms with Crippen molar-refractivity contribution >= 4 is 22.8 Å². The van der Waals surface area contributed by atoms with Crippen LogP contribution >= 0.6 is 0 Å². The van der Waals surface area contributed by atoms with Crippen LogP contribution in [-0.2, 0) is 4.79 Å². The van der Waals surface area contributed by atoms with Crippen molar-refractivity contribution in [2.75, 3.05) is 0 Å². The molecule has 0 amide bonds. The van der Waals surface area contributed by atoms with E-state index in [1.807, 2.05) is 24.3 Å². The summed E-state index contributed by atoms with van der Waals surface area (Å²) in [6.07, 6.45) is 1.46. The van der Waals surface area contributed by atoms with E-state index in [1.54, 1.807) is 12.1 Å². The summed E-state index contributed by atoms with van der Waals surface area (Å²) in [4.78, 5) is 10.7. The summed E-state index contributed by atoms with van der Waals surface area (Å²) in [5, 5.41) is 20.5. The summed E-state index contributed by atoms with van der Waals surface area (Å²) in [7, 11) is 0. The second-order valence-corrected chi connectivity index (χ2v) is 3.86. The highest BCUT2D eigenvalue weighted by Gasteiger charge is 2.06. The summed E-state index contributed by atoms with van der Waals surface area (Å²) in [5.41, 5.74) is 0.708. The lowest BCUT2D eigenvalue weighted by atomic mass is 10.0. The van der Waals surface area contributed by atoms with Crippen LogP contribution in [0.25, 0.3) is 16.8 Å². The molecule has 86 valence electrons. The molecule has 2 aromatic rings. The highest BCUT2D eigenvalue weighted by atomic mass is 16.4. The zero-order chi connectivity index (χ0) is 12.4. The van der Waals surface area contributed by atoms with Crippen molar-refractivity contribution in [3.8, 4) is 5.75 Å². The fourth-order valence-corrected chi connectivity index (χ4v) is 1.68. The van der Waals surface area contributed by atoms with E-state index in [9.17, 15) is 9.90 Å². The first-order valence-corrected chi connectivity index (χ1v) is 5.22. The number of phenolic OH excluding ortho intramolecular Hbond substituents is 1. The maximum absolute atomic E-state index is 10.7. The molecule has 0 spiro atoms. The molecule has 0 aliphatic heterocycles. The number of benzene rings is 2. The van der Waals surface area contributed by atoms with Gasteiger partial charge in [-0.1, -0.05) is 36.4 Å². The van der Waals surface area contributed by atoms with Gasteiger partial charge in [-0.2, -0.15) is 0 Å². The second kappa shape index (κ2) is 4.29. The molecule has 2 aromatic carbocycles. The number of fused-ring (bicyclic) bond motifs is 1. The van der Waals surface area contributed by atoms with Crippen molar-refractivity contribution in [3.05, 3.63) is 47.5 Å². The molecule has 0 unspecified atom stereocenters. The van der Waals surface area contributed by atoms with Crippen LogP contribution in [-0.4, -0.2) is 16.2 Å². The number of carboxylic acids is 1. The standard InChI is InChI=1S/C14H12O3/c1-9(14(16)17)8-11-7-6-10-4-2-3-5-12(10)13(11)15/h2-8,15H,1H3,(H,16,17)/b9-8+. The number of hydrogen-bond donors (Lipinski definition) is 2. The number of carbonyl (C=O) groups is 1. The lowest BCUT2D eigenvalue weighted by Crippen LogP contribution is -1.95. The fraction of sp³-hybridized carbons (Fsp3) is 0.0714. The quantitative estimate of drug-likeness (QED) is 0.777. The summed E-state index contributed by atoms with van der Waals surface area (Å²) in [6.45, 7) is 1.50. The van der Waals surface area contributed by atoms with Gasteiger partial charge in [-0.3, -0.25) is 0 Å². The third-order valence-corrected chi connectivity index (χ3v) is 2.64. The Morgan fingerprint density at radius 2 is 1.88 bits per heavy atom. The van der Waals surface area contributed by atoms with Crippen molar-refractivity contribution < 1.29 is 15.0 Å². The first kappa shape index (κ1) is 11.2. The number of carboxylic acid groups (broad SMARTS) is 1. The molecule has 0 atom stereocenters. The Labute approximate surface area is 98.6 Å². The van der Waals surface area contributed by atoms with Gasteiger partial charge in [0.05, 0.1) is 0 Å². The molecule has 0 aliphatic rings. The maximum atomic E-state index is 10.7. The lowest BCUT2D eigenvalue weighted by molar-refractivity contribution is -0.132. The molecule has 0 radical (unpaired) electrons. The Hall–Kier alpha value is -2.29. The predicted molar refractivity (Wildman–Crippen MR) is 66.9 cm³/mol. The number of rotatable bonds is 2. The smallest absolute Gasteiger partial charge is 0.331 e. The van der Waals surface area contributed by atoms with Gasteiger partial charge in [-0.15, -0.1) is 0 Å². The summed E-state index contributed by atoms with van der Waals surface area (Å²) >= 11 is 0. The van der Waals surface area contributed by atoms with Crippen LogP contribution in [0.3, 0.4) is 0 Å². The number of phenols is 1. The number of aliphatic carboxylic acids is 1. The van der Waals surface area contributed by atoms with Crippen LogP contribution in [0.2, 0.25) is 0 Å². The van der Waals surface area contributed by atoms with Crippen LogP contribution in [0.1, 0.15) is 12.5 Å². The van der Waals surface area contributed by atoms with Crippen LogP contribution in [0.4, 0.5) is 0 Å². The average Bonchev–Trinajstić information content (AvgIpc) is 2.33. The Balaban J connectivity index is 2.61. The van der Waals surface area contributed by atoms with Gasteiger partial charge >= 0.3 is 5.97 Å². The van der Waals surface area contributed by atoms with Crippen molar-refractivity contribution in [1.29, 1.82) is 0 Å². The monoisotopic (exact) mass is 228 g/mol. The van der Waals surface area contributed by atoms with Gasteiger partial charge in [-0.25, -0.2) is 4.79 Å². The topological polar surface area (TPSA) is 57.5 Å². The minimum atomic E-state index is -0.988. The molecule has 0 heterocycles. The van der Waals surface area contributed by atoms with Gasteiger partial charge in [0.2, 0.25) is 0 Å². The lowest BCUT2D eigenvalue weighted by Gasteiger charge is -2.05. The fourth-order valence-electron chi connectivity index (χ4n) is 1.68.